The molecular formula is C56H35N5OPdSi. The van der Waals surface area contributed by atoms with Crippen molar-refractivity contribution in [2.24, 2.45) is 0 Å². The number of rotatable bonds is 6. The van der Waals surface area contributed by atoms with Gasteiger partial charge in [0, 0.05) is 63.4 Å². The van der Waals surface area contributed by atoms with Gasteiger partial charge in [-0.15, -0.1) is 30.3 Å². The second kappa shape index (κ2) is 15.0. The molecule has 0 bridgehead atoms. The molecule has 12 aromatic rings. The van der Waals surface area contributed by atoms with Crippen molar-refractivity contribution in [3.8, 4) is 17.2 Å². The number of ether oxygens (including phenoxy) is 1. The summed E-state index contributed by atoms with van der Waals surface area (Å²) in [5.74, 6) is 1.17. The Hall–Kier alpha value is -7.60. The Bertz CT molecular complexity index is 3700. The smallest absolute Gasteiger partial charge is 0.503 e. The van der Waals surface area contributed by atoms with Gasteiger partial charge < -0.3 is 18.6 Å². The summed E-state index contributed by atoms with van der Waals surface area (Å²) in [4.78, 5) is 12.3. The summed E-state index contributed by atoms with van der Waals surface area (Å²) >= 11 is 0. The molecule has 0 aliphatic carbocycles. The molecule has 8 heteroatoms. The second-order valence-electron chi connectivity index (χ2n) is 16.0. The SMILES string of the molecule is [Pd+2].[c-]1c(Oc2[c-]c3c(cc2)c2ccccc2n2ccnc32)cccc1-n1c2ccc3c(c2c2cccnc21)[Si](c1ccccc1)(c1ccccc1)c1ccccc1N3c1ccccc1. The van der Waals surface area contributed by atoms with E-state index < -0.39 is 8.07 Å². The third-order valence-corrected chi connectivity index (χ3v) is 17.6. The number of para-hydroxylation sites is 3. The van der Waals surface area contributed by atoms with Crippen LogP contribution in [0.2, 0.25) is 0 Å². The van der Waals surface area contributed by atoms with E-state index in [1.165, 1.54) is 37.5 Å². The molecule has 0 unspecified atom stereocenters. The number of anilines is 3. The van der Waals surface area contributed by atoms with E-state index in [0.29, 0.717) is 11.5 Å². The first kappa shape index (κ1) is 38.1. The molecule has 0 N–H and O–H groups in total. The number of aromatic nitrogens is 4. The molecule has 0 saturated carbocycles. The molecule has 4 aromatic heterocycles. The van der Waals surface area contributed by atoms with Gasteiger partial charge in [-0.3, -0.25) is 4.98 Å². The number of hydrogen-bond donors (Lipinski definition) is 0. The Morgan fingerprint density at radius 3 is 1.98 bits per heavy atom. The average Bonchev–Trinajstić information content (AvgIpc) is 3.99. The Labute approximate surface area is 384 Å². The normalized spacial score (nSPS) is 13.0. The van der Waals surface area contributed by atoms with E-state index in [-0.39, 0.29) is 20.4 Å². The Morgan fingerprint density at radius 1 is 0.484 bits per heavy atom. The van der Waals surface area contributed by atoms with Gasteiger partial charge >= 0.3 is 20.4 Å². The number of imidazole rings is 1. The number of hydrogen-bond acceptors (Lipinski definition) is 4. The zero-order valence-electron chi connectivity index (χ0n) is 34.2. The van der Waals surface area contributed by atoms with Crippen LogP contribution in [-0.4, -0.2) is 27.0 Å². The Kier molecular flexibility index (Phi) is 8.96. The van der Waals surface area contributed by atoms with Crippen molar-refractivity contribution >= 4 is 95.1 Å². The number of fused-ring (bicyclic) bond motifs is 12. The topological polar surface area (TPSA) is 47.6 Å². The van der Waals surface area contributed by atoms with Crippen molar-refractivity contribution in [2.75, 3.05) is 4.90 Å². The molecule has 0 atom stereocenters. The van der Waals surface area contributed by atoms with Crippen LogP contribution in [0.25, 0.3) is 54.9 Å². The molecule has 64 heavy (non-hydrogen) atoms. The van der Waals surface area contributed by atoms with Gasteiger partial charge in [0.25, 0.3) is 0 Å². The van der Waals surface area contributed by atoms with Crippen molar-refractivity contribution in [2.45, 2.75) is 0 Å². The average molecular weight is 928 g/mol. The van der Waals surface area contributed by atoms with Crippen LogP contribution < -0.4 is 30.4 Å². The van der Waals surface area contributed by atoms with Crippen LogP contribution >= 0.6 is 0 Å². The van der Waals surface area contributed by atoms with E-state index in [9.17, 15) is 0 Å². The van der Waals surface area contributed by atoms with Crippen molar-refractivity contribution in [3.05, 3.63) is 225 Å². The van der Waals surface area contributed by atoms with E-state index in [1.807, 2.05) is 36.8 Å². The van der Waals surface area contributed by atoms with Crippen LogP contribution in [0.15, 0.2) is 213 Å². The maximum Gasteiger partial charge on any atom is 2.00 e. The summed E-state index contributed by atoms with van der Waals surface area (Å²) in [7, 11) is -3.07. The number of benzene rings is 8. The molecule has 6 nitrogen and oxygen atoms in total. The summed E-state index contributed by atoms with van der Waals surface area (Å²) in [6, 6.07) is 76.8. The molecule has 1 aliphatic heterocycles. The third kappa shape index (κ3) is 5.54. The van der Waals surface area contributed by atoms with Gasteiger partial charge in [0.05, 0.1) is 11.2 Å². The van der Waals surface area contributed by atoms with Gasteiger partial charge in [0.15, 0.2) is 8.07 Å². The Balaban J connectivity index is 0.00000433. The fourth-order valence-electron chi connectivity index (χ4n) is 10.3. The van der Waals surface area contributed by atoms with Gasteiger partial charge in [0.2, 0.25) is 0 Å². The van der Waals surface area contributed by atoms with E-state index in [1.54, 1.807) is 0 Å². The summed E-state index contributed by atoms with van der Waals surface area (Å²) in [5, 5.41) is 10.7. The molecule has 5 heterocycles. The van der Waals surface area contributed by atoms with Crippen molar-refractivity contribution in [3.63, 3.8) is 0 Å². The molecule has 1 aliphatic rings. The molecule has 0 spiro atoms. The molecule has 0 saturated heterocycles. The largest absolute Gasteiger partial charge is 2.00 e. The van der Waals surface area contributed by atoms with E-state index in [4.69, 9.17) is 14.7 Å². The Morgan fingerprint density at radius 2 is 1.17 bits per heavy atom. The molecule has 0 amide bonds. The minimum absolute atomic E-state index is 0. The van der Waals surface area contributed by atoms with Gasteiger partial charge in [-0.1, -0.05) is 138 Å². The first-order valence-electron chi connectivity index (χ1n) is 21.2. The van der Waals surface area contributed by atoms with E-state index in [0.717, 1.165) is 55.2 Å². The predicted octanol–water partition coefficient (Wildman–Crippen LogP) is 10.7. The zero-order chi connectivity index (χ0) is 41.5. The standard InChI is InChI=1S/C56H35N5OSi.Pd/c1-4-16-38(17-5-1)60-49-27-12-13-28-52(49)63(42-20-6-2-7-21-42,43-22-8-3-9-23-43)54-51(60)32-31-50-53(54)46-25-15-33-57-56(46)61(50)39-18-14-19-40(36-39)62-41-29-30-44-45-24-10-11-26-48(45)59-35-34-58-55(59)47(44)37-41;/h1-35H;/q-2;+2. The van der Waals surface area contributed by atoms with Crippen LogP contribution in [0.5, 0.6) is 11.5 Å². The first-order valence-corrected chi connectivity index (χ1v) is 23.2. The monoisotopic (exact) mass is 927 g/mol. The zero-order valence-corrected chi connectivity index (χ0v) is 36.7. The van der Waals surface area contributed by atoms with Gasteiger partial charge in [-0.25, -0.2) is 4.98 Å². The van der Waals surface area contributed by atoms with Crippen molar-refractivity contribution in [1.29, 1.82) is 0 Å². The van der Waals surface area contributed by atoms with Crippen molar-refractivity contribution in [1.82, 2.24) is 18.9 Å². The second-order valence-corrected chi connectivity index (χ2v) is 19.7. The molecule has 13 rings (SSSR count). The minimum Gasteiger partial charge on any atom is -0.503 e. The van der Waals surface area contributed by atoms with Gasteiger partial charge in [-0.2, -0.15) is 6.07 Å². The minimum atomic E-state index is -3.07. The van der Waals surface area contributed by atoms with Gasteiger partial charge in [-0.05, 0) is 74.7 Å². The van der Waals surface area contributed by atoms with Crippen LogP contribution in [0, 0.1) is 12.1 Å². The molecule has 304 valence electrons. The van der Waals surface area contributed by atoms with Crippen LogP contribution in [-0.2, 0) is 20.4 Å². The quantitative estimate of drug-likeness (QED) is 0.0947. The molecular weight excluding hydrogens is 893 g/mol. The van der Waals surface area contributed by atoms with E-state index in [2.05, 4.69) is 202 Å². The fraction of sp³-hybridized carbons (Fsp3) is 0. The van der Waals surface area contributed by atoms with Crippen molar-refractivity contribution < 1.29 is 25.2 Å². The molecule has 0 fully saturated rings. The summed E-state index contributed by atoms with van der Waals surface area (Å²) in [6.07, 6.45) is 5.72. The number of nitrogens with zero attached hydrogens (tertiary/aromatic N) is 5. The van der Waals surface area contributed by atoms with Crippen LogP contribution in [0.3, 0.4) is 0 Å². The third-order valence-electron chi connectivity index (χ3n) is 12.7. The van der Waals surface area contributed by atoms with Crippen LogP contribution in [0.4, 0.5) is 17.1 Å². The predicted molar refractivity (Wildman–Crippen MR) is 258 cm³/mol. The fourth-order valence-corrected chi connectivity index (χ4v) is 15.6. The molecule has 0 radical (unpaired) electrons. The first-order chi connectivity index (χ1) is 31.3. The summed E-state index contributed by atoms with van der Waals surface area (Å²) < 4.78 is 11.0. The maximum atomic E-state index is 6.65. The maximum absolute atomic E-state index is 6.65. The summed E-state index contributed by atoms with van der Waals surface area (Å²) in [5.41, 5.74) is 8.16. The number of pyridine rings is 2. The van der Waals surface area contributed by atoms with Crippen LogP contribution in [0.1, 0.15) is 0 Å². The summed E-state index contributed by atoms with van der Waals surface area (Å²) in [6.45, 7) is 0. The molecule has 8 aromatic carbocycles. The van der Waals surface area contributed by atoms with Gasteiger partial charge in [0.1, 0.15) is 5.65 Å². The van der Waals surface area contributed by atoms with E-state index >= 15 is 0 Å².